The van der Waals surface area contributed by atoms with Crippen molar-refractivity contribution in [2.24, 2.45) is 0 Å². The lowest BCUT2D eigenvalue weighted by Gasteiger charge is -2.08. The second-order valence-electron chi connectivity index (χ2n) is 2.51. The van der Waals surface area contributed by atoms with Crippen LogP contribution >= 0.6 is 0 Å². The molecule has 1 aliphatic rings. The van der Waals surface area contributed by atoms with Crippen LogP contribution in [0.25, 0.3) is 0 Å². The molecule has 0 spiro atoms. The Morgan fingerprint density at radius 1 is 1.64 bits per heavy atom. The van der Waals surface area contributed by atoms with Crippen molar-refractivity contribution < 1.29 is 0 Å². The van der Waals surface area contributed by atoms with E-state index in [9.17, 15) is 0 Å². The largest absolute Gasteiger partial charge is 0.287 e. The fourth-order valence-electron chi connectivity index (χ4n) is 1.10. The maximum atomic E-state index is 8.52. The van der Waals surface area contributed by atoms with Crippen molar-refractivity contribution in [1.82, 2.24) is 4.90 Å². The average molecular weight is 152 g/mol. The molecule has 1 rings (SSSR count). The zero-order valence-electron chi connectivity index (χ0n) is 7.59. The van der Waals surface area contributed by atoms with E-state index >= 15 is 0 Å². The maximum Gasteiger partial charge on any atom is 0.102 e. The average Bonchev–Trinajstić information content (AvgIpc) is 2.33. The summed E-state index contributed by atoms with van der Waals surface area (Å²) < 4.78 is 0. The lowest BCUT2D eigenvalue weighted by atomic mass is 10.2. The number of rotatable bonds is 0. The molecule has 1 unspecified atom stereocenters. The Hall–Kier alpha value is -0.810. The van der Waals surface area contributed by atoms with Crippen molar-refractivity contribution in [2.45, 2.75) is 26.3 Å². The van der Waals surface area contributed by atoms with E-state index in [2.05, 4.69) is 12.6 Å². The van der Waals surface area contributed by atoms with Crippen molar-refractivity contribution in [3.05, 3.63) is 12.2 Å². The van der Waals surface area contributed by atoms with Crippen LogP contribution in [0.15, 0.2) is 12.2 Å². The summed E-state index contributed by atoms with van der Waals surface area (Å²) in [6.07, 6.45) is 0.854. The van der Waals surface area contributed by atoms with Crippen LogP contribution < -0.4 is 0 Å². The van der Waals surface area contributed by atoms with Gasteiger partial charge in [-0.2, -0.15) is 5.26 Å². The highest BCUT2D eigenvalue weighted by Gasteiger charge is 2.22. The Labute approximate surface area is 69.1 Å². The summed E-state index contributed by atoms with van der Waals surface area (Å²) in [6.45, 7) is 8.70. The molecule has 0 aromatic heterocycles. The summed E-state index contributed by atoms with van der Waals surface area (Å²) in [6, 6.07) is 2.29. The predicted octanol–water partition coefficient (Wildman–Crippen LogP) is 1.80. The Morgan fingerprint density at radius 3 is 2.36 bits per heavy atom. The Kier molecular flexibility index (Phi) is 4.56. The van der Waals surface area contributed by atoms with Crippen LogP contribution in [0.1, 0.15) is 20.3 Å². The van der Waals surface area contributed by atoms with E-state index in [1.165, 1.54) is 5.57 Å². The minimum Gasteiger partial charge on any atom is -0.287 e. The minimum absolute atomic E-state index is 0.0810. The van der Waals surface area contributed by atoms with Gasteiger partial charge in [-0.15, -0.1) is 0 Å². The summed E-state index contributed by atoms with van der Waals surface area (Å²) in [5.41, 5.74) is 1.17. The lowest BCUT2D eigenvalue weighted by molar-refractivity contribution is 0.366. The van der Waals surface area contributed by atoms with Crippen LogP contribution in [0.3, 0.4) is 0 Å². The number of likely N-dealkylation sites (tertiary alicyclic amines) is 1. The predicted molar refractivity (Wildman–Crippen MR) is 47.1 cm³/mol. The van der Waals surface area contributed by atoms with E-state index in [4.69, 9.17) is 5.26 Å². The summed E-state index contributed by atoms with van der Waals surface area (Å²) in [7, 11) is 1.95. The van der Waals surface area contributed by atoms with Gasteiger partial charge in [-0.3, -0.25) is 4.90 Å². The summed E-state index contributed by atoms with van der Waals surface area (Å²) >= 11 is 0. The van der Waals surface area contributed by atoms with E-state index < -0.39 is 0 Å². The zero-order chi connectivity index (χ0) is 8.85. The van der Waals surface area contributed by atoms with Crippen molar-refractivity contribution in [1.29, 1.82) is 5.26 Å². The molecule has 0 saturated carbocycles. The van der Waals surface area contributed by atoms with Gasteiger partial charge >= 0.3 is 0 Å². The molecule has 0 aromatic rings. The molecule has 1 saturated heterocycles. The van der Waals surface area contributed by atoms with Gasteiger partial charge in [0.15, 0.2) is 0 Å². The third-order valence-electron chi connectivity index (χ3n) is 1.64. The van der Waals surface area contributed by atoms with Crippen molar-refractivity contribution in [2.75, 3.05) is 13.6 Å². The lowest BCUT2D eigenvalue weighted by Crippen LogP contribution is -2.22. The molecule has 0 bridgehead atoms. The van der Waals surface area contributed by atoms with Gasteiger partial charge in [0.25, 0.3) is 0 Å². The van der Waals surface area contributed by atoms with E-state index in [-0.39, 0.29) is 6.04 Å². The molecule has 1 fully saturated rings. The standard InChI is InChI=1S/C7H10N2.C2H6/c1-6-3-7(4-8)9(2)5-6;1-2/h7H,1,3,5H2,2H3;1-2H3. The maximum absolute atomic E-state index is 8.52. The highest BCUT2D eigenvalue weighted by Crippen LogP contribution is 2.17. The van der Waals surface area contributed by atoms with Gasteiger partial charge in [0.2, 0.25) is 0 Å². The first-order chi connectivity index (χ1) is 5.24. The molecule has 0 radical (unpaired) electrons. The van der Waals surface area contributed by atoms with Gasteiger partial charge in [0.1, 0.15) is 6.04 Å². The first-order valence-corrected chi connectivity index (χ1v) is 4.00. The van der Waals surface area contributed by atoms with Crippen molar-refractivity contribution >= 4 is 0 Å². The van der Waals surface area contributed by atoms with Gasteiger partial charge in [-0.1, -0.05) is 26.0 Å². The SMILES string of the molecule is C=C1CC(C#N)N(C)C1.CC. The normalized spacial score (nSPS) is 23.8. The van der Waals surface area contributed by atoms with Crippen LogP contribution in [0.4, 0.5) is 0 Å². The van der Waals surface area contributed by atoms with E-state index in [1.807, 2.05) is 25.8 Å². The first-order valence-electron chi connectivity index (χ1n) is 4.00. The number of likely N-dealkylation sites (N-methyl/N-ethyl adjacent to an activating group) is 1. The molecule has 0 N–H and O–H groups in total. The molecule has 1 aliphatic heterocycles. The van der Waals surface area contributed by atoms with Gasteiger partial charge in [-0.25, -0.2) is 0 Å². The fraction of sp³-hybridized carbons (Fsp3) is 0.667. The molecular weight excluding hydrogens is 136 g/mol. The molecule has 11 heavy (non-hydrogen) atoms. The first kappa shape index (κ1) is 10.2. The highest BCUT2D eigenvalue weighted by atomic mass is 15.1. The molecule has 2 nitrogen and oxygen atoms in total. The quantitative estimate of drug-likeness (QED) is 0.495. The summed E-state index contributed by atoms with van der Waals surface area (Å²) in [4.78, 5) is 2.02. The van der Waals surface area contributed by atoms with Gasteiger partial charge in [0.05, 0.1) is 6.07 Å². The summed E-state index contributed by atoms with van der Waals surface area (Å²) in [5.74, 6) is 0. The van der Waals surface area contributed by atoms with Crippen LogP contribution in [0.2, 0.25) is 0 Å². The number of nitriles is 1. The zero-order valence-corrected chi connectivity index (χ0v) is 7.59. The van der Waals surface area contributed by atoms with Crippen LogP contribution in [-0.2, 0) is 0 Å². The molecule has 1 heterocycles. The monoisotopic (exact) mass is 152 g/mol. The second-order valence-corrected chi connectivity index (χ2v) is 2.51. The number of hydrogen-bond donors (Lipinski definition) is 0. The molecule has 62 valence electrons. The summed E-state index contributed by atoms with van der Waals surface area (Å²) in [5, 5.41) is 8.52. The fourth-order valence-corrected chi connectivity index (χ4v) is 1.10. The molecule has 1 atom stereocenters. The number of hydrogen-bond acceptors (Lipinski definition) is 2. The minimum atomic E-state index is 0.0810. The Balaban J connectivity index is 0.000000461. The van der Waals surface area contributed by atoms with Gasteiger partial charge < -0.3 is 0 Å². The van der Waals surface area contributed by atoms with Gasteiger partial charge in [0, 0.05) is 6.54 Å². The smallest absolute Gasteiger partial charge is 0.102 e. The number of nitrogens with zero attached hydrogens (tertiary/aromatic N) is 2. The third kappa shape index (κ3) is 2.73. The second kappa shape index (κ2) is 4.92. The Bertz CT molecular complexity index is 167. The highest BCUT2D eigenvalue weighted by molar-refractivity contribution is 5.13. The van der Waals surface area contributed by atoms with Crippen molar-refractivity contribution in [3.63, 3.8) is 0 Å². The van der Waals surface area contributed by atoms with Crippen LogP contribution in [0.5, 0.6) is 0 Å². The van der Waals surface area contributed by atoms with Crippen LogP contribution in [-0.4, -0.2) is 24.5 Å². The van der Waals surface area contributed by atoms with Gasteiger partial charge in [-0.05, 0) is 13.5 Å². The molecule has 0 aromatic carbocycles. The molecule has 2 heteroatoms. The van der Waals surface area contributed by atoms with E-state index in [1.54, 1.807) is 0 Å². The van der Waals surface area contributed by atoms with Crippen LogP contribution in [0, 0.1) is 11.3 Å². The topological polar surface area (TPSA) is 27.0 Å². The molecular formula is C9H16N2. The molecule has 0 aliphatic carbocycles. The van der Waals surface area contributed by atoms with E-state index in [0.717, 1.165) is 13.0 Å². The van der Waals surface area contributed by atoms with E-state index in [0.29, 0.717) is 0 Å². The molecule has 0 amide bonds. The third-order valence-corrected chi connectivity index (χ3v) is 1.64. The van der Waals surface area contributed by atoms with Crippen molar-refractivity contribution in [3.8, 4) is 6.07 Å². The Morgan fingerprint density at radius 2 is 2.18 bits per heavy atom.